The van der Waals surface area contributed by atoms with Crippen molar-refractivity contribution >= 4 is 11.9 Å². The van der Waals surface area contributed by atoms with Crippen LogP contribution in [0.5, 0.6) is 0 Å². The fraction of sp³-hybridized carbons (Fsp3) is 0.692. The molecule has 0 saturated heterocycles. The molecule has 94 valence electrons. The predicted molar refractivity (Wildman–Crippen MR) is 63.3 cm³/mol. The quantitative estimate of drug-likeness (QED) is 0.729. The summed E-state index contributed by atoms with van der Waals surface area (Å²) in [6, 6.07) is 0.149. The van der Waals surface area contributed by atoms with Crippen molar-refractivity contribution in [3.63, 3.8) is 0 Å². The highest BCUT2D eigenvalue weighted by Gasteiger charge is 2.41. The monoisotopic (exact) mass is 237 g/mol. The van der Waals surface area contributed by atoms with Gasteiger partial charge in [-0.2, -0.15) is 0 Å². The smallest absolute Gasteiger partial charge is 0.328 e. The van der Waals surface area contributed by atoms with Gasteiger partial charge in [-0.05, 0) is 43.9 Å². The Morgan fingerprint density at radius 2 is 2.06 bits per heavy atom. The van der Waals surface area contributed by atoms with Crippen molar-refractivity contribution in [2.24, 2.45) is 17.8 Å². The molecule has 2 fully saturated rings. The molecular weight excluding hydrogens is 218 g/mol. The molecule has 2 rings (SSSR count). The zero-order valence-corrected chi connectivity index (χ0v) is 10.1. The third-order valence-corrected chi connectivity index (χ3v) is 4.18. The lowest BCUT2D eigenvalue weighted by Crippen LogP contribution is -2.39. The number of carboxylic acids is 1. The molecule has 1 amide bonds. The summed E-state index contributed by atoms with van der Waals surface area (Å²) in [4.78, 5) is 21.7. The van der Waals surface area contributed by atoms with Crippen LogP contribution in [-0.2, 0) is 9.59 Å². The average Bonchev–Trinajstić information content (AvgIpc) is 2.87. The molecule has 0 aromatic rings. The second-order valence-corrected chi connectivity index (χ2v) is 5.31. The van der Waals surface area contributed by atoms with Crippen molar-refractivity contribution < 1.29 is 14.7 Å². The number of carbonyl (C=O) groups is 2. The van der Waals surface area contributed by atoms with Crippen molar-refractivity contribution in [2.45, 2.75) is 38.6 Å². The summed E-state index contributed by atoms with van der Waals surface area (Å²) in [6.07, 6.45) is 7.14. The largest absolute Gasteiger partial charge is 0.478 e. The summed E-state index contributed by atoms with van der Waals surface area (Å²) in [5.74, 6) is 0.809. The van der Waals surface area contributed by atoms with Crippen LogP contribution < -0.4 is 5.32 Å². The van der Waals surface area contributed by atoms with Crippen LogP contribution in [0.15, 0.2) is 12.2 Å². The predicted octanol–water partition coefficient (Wildman–Crippen LogP) is 1.57. The van der Waals surface area contributed by atoms with E-state index in [1.54, 1.807) is 0 Å². The molecule has 0 radical (unpaired) electrons. The fourth-order valence-electron chi connectivity index (χ4n) is 3.43. The average molecular weight is 237 g/mol. The van der Waals surface area contributed by atoms with Crippen molar-refractivity contribution in [3.8, 4) is 0 Å². The van der Waals surface area contributed by atoms with Crippen LogP contribution in [0, 0.1) is 17.8 Å². The second-order valence-electron chi connectivity index (χ2n) is 5.31. The highest BCUT2D eigenvalue weighted by Crippen LogP contribution is 2.49. The molecule has 4 atom stereocenters. The van der Waals surface area contributed by atoms with E-state index in [1.165, 1.54) is 25.7 Å². The number of fused-ring (bicyclic) bond motifs is 2. The zero-order valence-electron chi connectivity index (χ0n) is 10.1. The van der Waals surface area contributed by atoms with Crippen LogP contribution in [0.4, 0.5) is 0 Å². The molecule has 2 N–H and O–H groups in total. The molecule has 2 aliphatic carbocycles. The highest BCUT2D eigenvalue weighted by molar-refractivity contribution is 5.93. The maximum Gasteiger partial charge on any atom is 0.328 e. The van der Waals surface area contributed by atoms with Crippen LogP contribution in [-0.4, -0.2) is 23.0 Å². The Morgan fingerprint density at radius 3 is 2.59 bits per heavy atom. The lowest BCUT2D eigenvalue weighted by molar-refractivity contribution is -0.131. The minimum atomic E-state index is -1.09. The van der Waals surface area contributed by atoms with Gasteiger partial charge in [0, 0.05) is 18.2 Å². The van der Waals surface area contributed by atoms with Gasteiger partial charge in [-0.1, -0.05) is 6.42 Å². The van der Waals surface area contributed by atoms with Gasteiger partial charge < -0.3 is 10.4 Å². The molecule has 0 aliphatic heterocycles. The summed E-state index contributed by atoms with van der Waals surface area (Å²) >= 11 is 0. The van der Waals surface area contributed by atoms with Crippen molar-refractivity contribution in [1.29, 1.82) is 0 Å². The zero-order chi connectivity index (χ0) is 12.4. The minimum absolute atomic E-state index is 0.149. The van der Waals surface area contributed by atoms with E-state index >= 15 is 0 Å². The Bertz CT molecular complexity index is 351. The molecule has 4 heteroatoms. The number of nitrogens with one attached hydrogen (secondary N) is 1. The first-order valence-electron chi connectivity index (χ1n) is 6.27. The number of rotatable bonds is 4. The van der Waals surface area contributed by atoms with Gasteiger partial charge in [-0.15, -0.1) is 0 Å². The number of carboxylic acid groups (broad SMARTS) is 1. The number of hydrogen-bond donors (Lipinski definition) is 2. The van der Waals surface area contributed by atoms with E-state index in [0.29, 0.717) is 5.92 Å². The van der Waals surface area contributed by atoms with E-state index in [0.717, 1.165) is 24.0 Å². The number of carbonyl (C=O) groups excluding carboxylic acids is 1. The summed E-state index contributed by atoms with van der Waals surface area (Å²) in [5.41, 5.74) is 0. The molecule has 0 heterocycles. The standard InChI is InChI=1S/C13H19NO3/c1-8(14-12(15)4-5-13(16)17)11-7-9-2-3-10(11)6-9/h4-5,8-11H,2-3,6-7H2,1H3,(H,14,15)(H,16,17)/b5-4+/t8-,9-,10-,11+/m0/s1. The van der Waals surface area contributed by atoms with Gasteiger partial charge in [0.25, 0.3) is 0 Å². The van der Waals surface area contributed by atoms with E-state index in [-0.39, 0.29) is 11.9 Å². The summed E-state index contributed by atoms with van der Waals surface area (Å²) in [5, 5.41) is 11.3. The summed E-state index contributed by atoms with van der Waals surface area (Å²) < 4.78 is 0. The molecule has 17 heavy (non-hydrogen) atoms. The van der Waals surface area contributed by atoms with Crippen LogP contribution in [0.1, 0.15) is 32.6 Å². The second kappa shape index (κ2) is 4.90. The maximum absolute atomic E-state index is 11.5. The summed E-state index contributed by atoms with van der Waals surface area (Å²) in [6.45, 7) is 2.03. The molecule has 2 aliphatic rings. The first kappa shape index (κ1) is 12.1. The first-order valence-corrected chi connectivity index (χ1v) is 6.27. The van der Waals surface area contributed by atoms with Gasteiger partial charge in [0.1, 0.15) is 0 Å². The molecular formula is C13H19NO3. The molecule has 4 nitrogen and oxygen atoms in total. The molecule has 2 bridgehead atoms. The van der Waals surface area contributed by atoms with Crippen LogP contribution in [0.3, 0.4) is 0 Å². The Hall–Kier alpha value is -1.32. The number of aliphatic carboxylic acids is 1. The van der Waals surface area contributed by atoms with Crippen molar-refractivity contribution in [2.75, 3.05) is 0 Å². The first-order chi connectivity index (χ1) is 8.06. The third-order valence-electron chi connectivity index (χ3n) is 4.18. The molecule has 2 saturated carbocycles. The van der Waals surface area contributed by atoms with Crippen LogP contribution in [0.2, 0.25) is 0 Å². The third kappa shape index (κ3) is 2.87. The van der Waals surface area contributed by atoms with E-state index in [2.05, 4.69) is 5.32 Å². The normalized spacial score (nSPS) is 32.9. The van der Waals surface area contributed by atoms with Crippen molar-refractivity contribution in [3.05, 3.63) is 12.2 Å². The Labute approximate surface area is 101 Å². The molecule has 0 spiro atoms. The lowest BCUT2D eigenvalue weighted by atomic mass is 9.84. The van der Waals surface area contributed by atoms with Crippen molar-refractivity contribution in [1.82, 2.24) is 5.32 Å². The Kier molecular flexibility index (Phi) is 3.50. The van der Waals surface area contributed by atoms with Gasteiger partial charge in [-0.25, -0.2) is 4.79 Å². The fourth-order valence-corrected chi connectivity index (χ4v) is 3.43. The molecule has 0 aromatic carbocycles. The number of amides is 1. The Morgan fingerprint density at radius 1 is 1.29 bits per heavy atom. The topological polar surface area (TPSA) is 66.4 Å². The Balaban J connectivity index is 1.83. The van der Waals surface area contributed by atoms with Gasteiger partial charge in [0.05, 0.1) is 0 Å². The van der Waals surface area contributed by atoms with Crippen LogP contribution >= 0.6 is 0 Å². The summed E-state index contributed by atoms with van der Waals surface area (Å²) in [7, 11) is 0. The van der Waals surface area contributed by atoms with E-state index in [1.807, 2.05) is 6.92 Å². The highest BCUT2D eigenvalue weighted by atomic mass is 16.4. The molecule has 0 unspecified atom stereocenters. The lowest BCUT2D eigenvalue weighted by Gasteiger charge is -2.28. The SMILES string of the molecule is C[C@H](NC(=O)/C=C/C(=O)O)[C@H]1C[C@H]2CC[C@H]1C2. The van der Waals surface area contributed by atoms with Gasteiger partial charge in [-0.3, -0.25) is 4.79 Å². The number of hydrogen-bond acceptors (Lipinski definition) is 2. The van der Waals surface area contributed by atoms with E-state index in [9.17, 15) is 9.59 Å². The van der Waals surface area contributed by atoms with Crippen LogP contribution in [0.25, 0.3) is 0 Å². The maximum atomic E-state index is 11.5. The van der Waals surface area contributed by atoms with Gasteiger partial charge in [0.2, 0.25) is 5.91 Å². The van der Waals surface area contributed by atoms with E-state index < -0.39 is 5.97 Å². The van der Waals surface area contributed by atoms with Gasteiger partial charge in [0.15, 0.2) is 0 Å². The van der Waals surface area contributed by atoms with E-state index in [4.69, 9.17) is 5.11 Å². The van der Waals surface area contributed by atoms with Gasteiger partial charge >= 0.3 is 5.97 Å². The molecule has 0 aromatic heterocycles. The minimum Gasteiger partial charge on any atom is -0.478 e.